The van der Waals surface area contributed by atoms with Crippen molar-refractivity contribution < 1.29 is 18.8 Å². The molecule has 49 heavy (non-hydrogen) atoms. The Morgan fingerprint density at radius 3 is 2.29 bits per heavy atom. The zero-order valence-electron chi connectivity index (χ0n) is 30.2. The monoisotopic (exact) mass is 679 g/mol. The lowest BCUT2D eigenvalue weighted by atomic mass is 10.0. The Morgan fingerprint density at radius 2 is 1.57 bits per heavy atom. The molecule has 260 valence electrons. The topological polar surface area (TPSA) is 88.7 Å². The minimum absolute atomic E-state index is 0.0130. The molecule has 0 fully saturated rings. The highest BCUT2D eigenvalue weighted by Gasteiger charge is 2.39. The third kappa shape index (κ3) is 11.4. The maximum Gasteiger partial charge on any atom is 0.224 e. The molecule has 0 spiro atoms. The third-order valence-electron chi connectivity index (χ3n) is 9.41. The van der Waals surface area contributed by atoms with E-state index in [9.17, 15) is 9.59 Å². The van der Waals surface area contributed by atoms with Crippen molar-refractivity contribution in [3.63, 3.8) is 0 Å². The smallest absolute Gasteiger partial charge is 0.224 e. The molecule has 0 aliphatic rings. The first-order chi connectivity index (χ1) is 23.3. The van der Waals surface area contributed by atoms with E-state index in [0.717, 1.165) is 35.2 Å². The van der Waals surface area contributed by atoms with E-state index < -0.39 is 8.32 Å². The first-order valence-electron chi connectivity index (χ1n) is 17.1. The summed E-state index contributed by atoms with van der Waals surface area (Å²) in [6.45, 7) is 17.7. The number of carbonyl (C=O) groups is 2. The molecule has 7 nitrogen and oxygen atoms in total. The summed E-state index contributed by atoms with van der Waals surface area (Å²) in [7, 11) is -2.14. The van der Waals surface area contributed by atoms with Crippen LogP contribution >= 0.6 is 0 Å². The zero-order valence-corrected chi connectivity index (χ0v) is 31.2. The van der Waals surface area contributed by atoms with Crippen LogP contribution in [-0.4, -0.2) is 33.7 Å². The van der Waals surface area contributed by atoms with Gasteiger partial charge in [0.25, 0.3) is 0 Å². The van der Waals surface area contributed by atoms with Crippen LogP contribution in [0.25, 0.3) is 0 Å². The first-order valence-corrected chi connectivity index (χ1v) is 20.1. The molecular formula is C41H53N3O4Si. The summed E-state index contributed by atoms with van der Waals surface area (Å²) in [6, 6.07) is 30.4. The van der Waals surface area contributed by atoms with Gasteiger partial charge in [-0.15, -0.1) is 0 Å². The highest BCUT2D eigenvalue weighted by atomic mass is 28.4. The van der Waals surface area contributed by atoms with Crippen molar-refractivity contribution in [1.29, 1.82) is 0 Å². The van der Waals surface area contributed by atoms with Gasteiger partial charge in [0, 0.05) is 13.1 Å². The summed E-state index contributed by atoms with van der Waals surface area (Å²) in [4.78, 5) is 24.3. The molecule has 1 atom stereocenters. The van der Waals surface area contributed by atoms with E-state index in [1.807, 2.05) is 60.7 Å². The molecule has 0 aliphatic carbocycles. The Labute approximate surface area is 294 Å². The third-order valence-corrected chi connectivity index (χ3v) is 13.9. The quantitative estimate of drug-likeness (QED) is 0.0595. The van der Waals surface area contributed by atoms with Crippen LogP contribution in [0.5, 0.6) is 5.75 Å². The number of aryl methyl sites for hydroxylation is 2. The van der Waals surface area contributed by atoms with Gasteiger partial charge >= 0.3 is 0 Å². The lowest BCUT2D eigenvalue weighted by Gasteiger charge is -2.39. The molecule has 8 heteroatoms. The Morgan fingerprint density at radius 1 is 0.837 bits per heavy atom. The van der Waals surface area contributed by atoms with Gasteiger partial charge in [-0.2, -0.15) is 0 Å². The van der Waals surface area contributed by atoms with Gasteiger partial charge in [-0.05, 0) is 96.0 Å². The molecule has 0 aromatic heterocycles. The normalized spacial score (nSPS) is 12.3. The maximum absolute atomic E-state index is 12.7. The van der Waals surface area contributed by atoms with Crippen LogP contribution < -0.4 is 20.7 Å². The maximum atomic E-state index is 12.7. The number of benzene rings is 4. The van der Waals surface area contributed by atoms with Gasteiger partial charge in [0.15, 0.2) is 8.32 Å². The number of amides is 2. The Kier molecular flexibility index (Phi) is 13.4. The predicted octanol–water partition coefficient (Wildman–Crippen LogP) is 8.20. The second-order valence-corrected chi connectivity index (χ2v) is 19.1. The molecule has 0 bridgehead atoms. The van der Waals surface area contributed by atoms with E-state index in [-0.39, 0.29) is 17.0 Å². The number of carbonyl (C=O) groups excluding carboxylic acids is 2. The molecule has 2 amide bonds. The summed E-state index contributed by atoms with van der Waals surface area (Å²) in [6.07, 6.45) is 1.62. The molecule has 0 unspecified atom stereocenters. The van der Waals surface area contributed by atoms with Crippen molar-refractivity contribution >= 4 is 26.3 Å². The van der Waals surface area contributed by atoms with Crippen molar-refractivity contribution in [3.05, 3.63) is 130 Å². The summed E-state index contributed by atoms with van der Waals surface area (Å²) in [5.41, 5.74) is 8.40. The Bertz CT molecular complexity index is 1680. The van der Waals surface area contributed by atoms with Crippen LogP contribution in [0.4, 0.5) is 5.69 Å². The number of anilines is 1. The second-order valence-electron chi connectivity index (χ2n) is 14.3. The molecular weight excluding hydrogens is 627 g/mol. The standard InChI is InChI=1S/C41H53N3O4Si/c1-30-16-17-35(22-31(30)2)26-43-40(46)24-34-15-11-14-32(23-34)20-21-42-27-39(48-49(6,7)41(3,4)5)36-18-19-38(37(25-36)44-29-45)47-28-33-12-9-8-10-13-33/h8-19,22-23,25,29,39,42H,20-21,24,26-28H2,1-7H3,(H,43,46)(H,44,45)/t39-/m0/s1. The second kappa shape index (κ2) is 17.4. The number of rotatable bonds is 17. The highest BCUT2D eigenvalue weighted by Crippen LogP contribution is 2.40. The van der Waals surface area contributed by atoms with Crippen LogP contribution in [0.15, 0.2) is 91.0 Å². The van der Waals surface area contributed by atoms with Gasteiger partial charge in [-0.3, -0.25) is 9.59 Å². The van der Waals surface area contributed by atoms with E-state index in [4.69, 9.17) is 9.16 Å². The summed E-state index contributed by atoms with van der Waals surface area (Å²) in [5, 5.41) is 9.54. The van der Waals surface area contributed by atoms with E-state index in [0.29, 0.717) is 44.0 Å². The summed E-state index contributed by atoms with van der Waals surface area (Å²) < 4.78 is 13.0. The van der Waals surface area contributed by atoms with E-state index in [2.05, 4.69) is 94.0 Å². The molecule has 0 heterocycles. The van der Waals surface area contributed by atoms with E-state index in [1.54, 1.807) is 0 Å². The number of hydrogen-bond donors (Lipinski definition) is 3. The molecule has 3 N–H and O–H groups in total. The van der Waals surface area contributed by atoms with Crippen LogP contribution in [-0.2, 0) is 40.0 Å². The fourth-order valence-electron chi connectivity index (χ4n) is 5.27. The molecule has 0 aliphatic heterocycles. The van der Waals surface area contributed by atoms with Crippen molar-refractivity contribution in [2.75, 3.05) is 18.4 Å². The highest BCUT2D eigenvalue weighted by molar-refractivity contribution is 6.74. The van der Waals surface area contributed by atoms with Gasteiger partial charge in [0.2, 0.25) is 12.3 Å². The Hall–Kier alpha value is -4.24. The fourth-order valence-corrected chi connectivity index (χ4v) is 6.55. The van der Waals surface area contributed by atoms with Crippen molar-refractivity contribution in [3.8, 4) is 5.75 Å². The van der Waals surface area contributed by atoms with Gasteiger partial charge in [0.05, 0.1) is 18.2 Å². The number of nitrogens with one attached hydrogen (secondary N) is 3. The van der Waals surface area contributed by atoms with Crippen LogP contribution in [0, 0.1) is 13.8 Å². The predicted molar refractivity (Wildman–Crippen MR) is 202 cm³/mol. The van der Waals surface area contributed by atoms with E-state index >= 15 is 0 Å². The average molecular weight is 680 g/mol. The summed E-state index contributed by atoms with van der Waals surface area (Å²) in [5.74, 6) is 0.622. The Balaban J connectivity index is 1.38. The number of ether oxygens (including phenoxy) is 1. The van der Waals surface area contributed by atoms with Crippen molar-refractivity contribution in [2.45, 2.75) is 84.8 Å². The van der Waals surface area contributed by atoms with E-state index in [1.165, 1.54) is 16.7 Å². The van der Waals surface area contributed by atoms with Gasteiger partial charge in [-0.25, -0.2) is 0 Å². The summed E-state index contributed by atoms with van der Waals surface area (Å²) >= 11 is 0. The number of hydrogen-bond acceptors (Lipinski definition) is 5. The fraction of sp³-hybridized carbons (Fsp3) is 0.366. The van der Waals surface area contributed by atoms with Crippen molar-refractivity contribution in [1.82, 2.24) is 10.6 Å². The first kappa shape index (κ1) is 37.6. The lowest BCUT2D eigenvalue weighted by Crippen LogP contribution is -2.43. The SMILES string of the molecule is Cc1ccc(CNC(=O)Cc2cccc(CCNC[C@H](O[Si](C)(C)C(C)(C)C)c3ccc(OCc4ccccc4)c(NC=O)c3)c2)cc1C. The zero-order chi connectivity index (χ0) is 35.4. The molecule has 4 aromatic carbocycles. The molecule has 4 rings (SSSR count). The minimum Gasteiger partial charge on any atom is -0.487 e. The van der Waals surface area contributed by atoms with Crippen LogP contribution in [0.1, 0.15) is 65.8 Å². The van der Waals surface area contributed by atoms with Crippen LogP contribution in [0.3, 0.4) is 0 Å². The van der Waals surface area contributed by atoms with Gasteiger partial charge in [-0.1, -0.05) is 99.6 Å². The minimum atomic E-state index is -2.14. The van der Waals surface area contributed by atoms with Crippen LogP contribution in [0.2, 0.25) is 18.1 Å². The lowest BCUT2D eigenvalue weighted by molar-refractivity contribution is -0.120. The average Bonchev–Trinajstić information content (AvgIpc) is 3.06. The molecule has 0 radical (unpaired) electrons. The molecule has 4 aromatic rings. The van der Waals surface area contributed by atoms with Gasteiger partial charge in [0.1, 0.15) is 12.4 Å². The van der Waals surface area contributed by atoms with Gasteiger partial charge < -0.3 is 25.1 Å². The molecule has 0 saturated carbocycles. The largest absolute Gasteiger partial charge is 0.487 e. The van der Waals surface area contributed by atoms with Crippen molar-refractivity contribution in [2.24, 2.45) is 0 Å². The molecule has 0 saturated heterocycles.